The van der Waals surface area contributed by atoms with E-state index in [1.165, 1.54) is 7.11 Å². The van der Waals surface area contributed by atoms with Gasteiger partial charge in [-0.2, -0.15) is 0 Å². The van der Waals surface area contributed by atoms with Crippen molar-refractivity contribution in [3.05, 3.63) is 0 Å². The minimum absolute atomic E-state index is 0. The Bertz CT molecular complexity index is 225. The molecule has 2 N–H and O–H groups in total. The number of methoxy groups -OCH3 is 2. The van der Waals surface area contributed by atoms with E-state index in [0.29, 0.717) is 32.1 Å². The fourth-order valence-corrected chi connectivity index (χ4v) is 0.976. The molecular weight excluding hydrogens is 337 g/mol. The first-order valence-electron chi connectivity index (χ1n) is 5.32. The van der Waals surface area contributed by atoms with Gasteiger partial charge in [-0.15, -0.1) is 24.0 Å². The predicted octanol–water partition coefficient (Wildman–Crippen LogP) is 0.369. The third-order valence-electron chi connectivity index (χ3n) is 1.76. The lowest BCUT2D eigenvalue weighted by atomic mass is 10.4. The van der Waals surface area contributed by atoms with E-state index in [-0.39, 0.29) is 29.9 Å². The number of carbonyl (C=O) groups excluding carboxylic acids is 1. The summed E-state index contributed by atoms with van der Waals surface area (Å²) in [5.41, 5.74) is 0. The molecule has 0 aromatic heterocycles. The van der Waals surface area contributed by atoms with Gasteiger partial charge in [0.15, 0.2) is 5.96 Å². The van der Waals surface area contributed by atoms with Gasteiger partial charge < -0.3 is 20.1 Å². The van der Waals surface area contributed by atoms with Crippen LogP contribution in [0.4, 0.5) is 0 Å². The van der Waals surface area contributed by atoms with E-state index < -0.39 is 0 Å². The van der Waals surface area contributed by atoms with Gasteiger partial charge in [0.1, 0.15) is 0 Å². The van der Waals surface area contributed by atoms with Crippen LogP contribution >= 0.6 is 24.0 Å². The van der Waals surface area contributed by atoms with Crippen LogP contribution in [-0.4, -0.2) is 52.4 Å². The van der Waals surface area contributed by atoms with Crippen LogP contribution in [0.3, 0.4) is 0 Å². The summed E-state index contributed by atoms with van der Waals surface area (Å²) in [6.07, 6.45) is 0.325. The quantitative estimate of drug-likeness (QED) is 0.226. The second-order valence-electron chi connectivity index (χ2n) is 3.01. The molecule has 17 heavy (non-hydrogen) atoms. The maximum atomic E-state index is 10.9. The van der Waals surface area contributed by atoms with Crippen LogP contribution in [0.1, 0.15) is 13.3 Å². The Kier molecular flexibility index (Phi) is 14.9. The molecule has 0 radical (unpaired) electrons. The summed E-state index contributed by atoms with van der Waals surface area (Å²) < 4.78 is 9.43. The first kappa shape index (κ1) is 18.8. The van der Waals surface area contributed by atoms with Crippen LogP contribution in [0.15, 0.2) is 4.99 Å². The first-order valence-corrected chi connectivity index (χ1v) is 5.32. The molecule has 0 aromatic carbocycles. The van der Waals surface area contributed by atoms with E-state index in [1.807, 2.05) is 6.92 Å². The van der Waals surface area contributed by atoms with Gasteiger partial charge in [0, 0.05) is 20.2 Å². The molecule has 102 valence electrons. The minimum Gasteiger partial charge on any atom is -0.469 e. The molecule has 0 rings (SSSR count). The number of nitrogens with zero attached hydrogens (tertiary/aromatic N) is 1. The summed E-state index contributed by atoms with van der Waals surface area (Å²) >= 11 is 0. The molecule has 0 atom stereocenters. The van der Waals surface area contributed by atoms with Crippen molar-refractivity contribution < 1.29 is 14.3 Å². The van der Waals surface area contributed by atoms with Crippen molar-refractivity contribution >= 4 is 35.9 Å². The minimum atomic E-state index is -0.236. The van der Waals surface area contributed by atoms with Crippen LogP contribution in [-0.2, 0) is 14.3 Å². The van der Waals surface area contributed by atoms with Crippen molar-refractivity contribution in [1.82, 2.24) is 10.6 Å². The Morgan fingerprint density at radius 3 is 2.53 bits per heavy atom. The molecule has 0 heterocycles. The average molecular weight is 359 g/mol. The second kappa shape index (κ2) is 13.5. The number of aliphatic imine (C=N–C) groups is 1. The second-order valence-corrected chi connectivity index (χ2v) is 3.01. The highest BCUT2D eigenvalue weighted by atomic mass is 127. The fourth-order valence-electron chi connectivity index (χ4n) is 0.976. The summed E-state index contributed by atoms with van der Waals surface area (Å²) in [4.78, 5) is 15.1. The van der Waals surface area contributed by atoms with Gasteiger partial charge in [0.2, 0.25) is 0 Å². The summed E-state index contributed by atoms with van der Waals surface area (Å²) in [6.45, 7) is 4.42. The van der Waals surface area contributed by atoms with Crippen molar-refractivity contribution in [2.75, 3.05) is 40.5 Å². The SMILES string of the molecule is CCNC(=NCCOC)NCCC(=O)OC.I. The van der Waals surface area contributed by atoms with Crippen LogP contribution in [0, 0.1) is 0 Å². The summed E-state index contributed by atoms with van der Waals surface area (Å²) in [7, 11) is 3.01. The van der Waals surface area contributed by atoms with Gasteiger partial charge in [-0.1, -0.05) is 0 Å². The maximum absolute atomic E-state index is 10.9. The van der Waals surface area contributed by atoms with Crippen LogP contribution < -0.4 is 10.6 Å². The standard InChI is InChI=1S/C10H21N3O3.HI/c1-4-11-10(13-7-8-15-2)12-6-5-9(14)16-3;/h4-8H2,1-3H3,(H2,11,12,13);1H. The largest absolute Gasteiger partial charge is 0.469 e. The van der Waals surface area contributed by atoms with E-state index in [4.69, 9.17) is 4.74 Å². The van der Waals surface area contributed by atoms with Crippen molar-refractivity contribution in [3.8, 4) is 0 Å². The van der Waals surface area contributed by atoms with Crippen molar-refractivity contribution in [2.24, 2.45) is 4.99 Å². The zero-order chi connectivity index (χ0) is 12.2. The Morgan fingerprint density at radius 2 is 2.00 bits per heavy atom. The molecule has 0 amide bonds. The highest BCUT2D eigenvalue weighted by Gasteiger charge is 2.01. The van der Waals surface area contributed by atoms with Gasteiger partial charge in [-0.05, 0) is 6.92 Å². The summed E-state index contributed by atoms with van der Waals surface area (Å²) in [5, 5.41) is 6.09. The number of halogens is 1. The van der Waals surface area contributed by atoms with Crippen LogP contribution in [0.5, 0.6) is 0 Å². The molecule has 0 aromatic rings. The highest BCUT2D eigenvalue weighted by molar-refractivity contribution is 14.0. The van der Waals surface area contributed by atoms with Crippen LogP contribution in [0.2, 0.25) is 0 Å². The molecule has 6 nitrogen and oxygen atoms in total. The molecule has 0 unspecified atom stereocenters. The summed E-state index contributed by atoms with van der Waals surface area (Å²) in [5.74, 6) is 0.448. The summed E-state index contributed by atoms with van der Waals surface area (Å²) in [6, 6.07) is 0. The van der Waals surface area contributed by atoms with Gasteiger partial charge in [0.05, 0.1) is 26.7 Å². The third kappa shape index (κ3) is 11.7. The van der Waals surface area contributed by atoms with Crippen molar-refractivity contribution in [2.45, 2.75) is 13.3 Å². The Labute approximate surface area is 120 Å². The fraction of sp³-hybridized carbons (Fsp3) is 0.800. The van der Waals surface area contributed by atoms with Crippen molar-refractivity contribution in [3.63, 3.8) is 0 Å². The van der Waals surface area contributed by atoms with Crippen molar-refractivity contribution in [1.29, 1.82) is 0 Å². The van der Waals surface area contributed by atoms with Gasteiger partial charge in [-0.3, -0.25) is 9.79 Å². The average Bonchev–Trinajstić information content (AvgIpc) is 2.29. The molecule has 0 saturated carbocycles. The number of carbonyl (C=O) groups is 1. The molecule has 0 bridgehead atoms. The number of ether oxygens (including phenoxy) is 2. The normalized spacial score (nSPS) is 10.4. The molecular formula is C10H22IN3O3. The Morgan fingerprint density at radius 1 is 1.29 bits per heavy atom. The maximum Gasteiger partial charge on any atom is 0.307 e. The Balaban J connectivity index is 0. The van der Waals surface area contributed by atoms with E-state index >= 15 is 0 Å². The van der Waals surface area contributed by atoms with E-state index in [0.717, 1.165) is 6.54 Å². The van der Waals surface area contributed by atoms with E-state index in [1.54, 1.807) is 7.11 Å². The third-order valence-corrected chi connectivity index (χ3v) is 1.76. The first-order chi connectivity index (χ1) is 7.74. The van der Waals surface area contributed by atoms with Gasteiger partial charge >= 0.3 is 5.97 Å². The molecule has 0 saturated heterocycles. The zero-order valence-corrected chi connectivity index (χ0v) is 12.9. The number of guanidine groups is 1. The smallest absolute Gasteiger partial charge is 0.307 e. The topological polar surface area (TPSA) is 72.0 Å². The number of hydrogen-bond donors (Lipinski definition) is 2. The lowest BCUT2D eigenvalue weighted by Gasteiger charge is -2.10. The van der Waals surface area contributed by atoms with Crippen LogP contribution in [0.25, 0.3) is 0 Å². The Hall–Kier alpha value is -0.570. The van der Waals surface area contributed by atoms with E-state index in [2.05, 4.69) is 20.4 Å². The number of esters is 1. The van der Waals surface area contributed by atoms with Gasteiger partial charge in [0.25, 0.3) is 0 Å². The van der Waals surface area contributed by atoms with E-state index in [9.17, 15) is 4.79 Å². The highest BCUT2D eigenvalue weighted by Crippen LogP contribution is 1.82. The zero-order valence-electron chi connectivity index (χ0n) is 10.6. The predicted molar refractivity (Wildman–Crippen MR) is 77.9 cm³/mol. The monoisotopic (exact) mass is 359 g/mol. The van der Waals surface area contributed by atoms with Gasteiger partial charge in [-0.25, -0.2) is 0 Å². The molecule has 0 aliphatic carbocycles. The number of nitrogens with one attached hydrogen (secondary N) is 2. The molecule has 0 fully saturated rings. The molecule has 0 spiro atoms. The number of rotatable bonds is 7. The molecule has 7 heteroatoms. The lowest BCUT2D eigenvalue weighted by molar-refractivity contribution is -0.140. The lowest BCUT2D eigenvalue weighted by Crippen LogP contribution is -2.38. The molecule has 0 aliphatic rings. The number of hydrogen-bond acceptors (Lipinski definition) is 4. The molecule has 0 aliphatic heterocycles.